The number of carboxylic acid groups (broad SMARTS) is 1. The van der Waals surface area contributed by atoms with Gasteiger partial charge in [-0.1, -0.05) is 54.1 Å². The maximum Gasteiger partial charge on any atom is 0.407 e. The summed E-state index contributed by atoms with van der Waals surface area (Å²) in [5.41, 5.74) is 2.51. The molecule has 0 aliphatic rings. The van der Waals surface area contributed by atoms with Crippen LogP contribution in [-0.2, 0) is 14.3 Å². The number of carbonyl (C=O) groups is 3. The van der Waals surface area contributed by atoms with Crippen LogP contribution in [0.25, 0.3) is 11.1 Å². The van der Waals surface area contributed by atoms with Crippen LogP contribution in [0.3, 0.4) is 0 Å². The number of nitrogens with zero attached hydrogens (tertiary/aromatic N) is 1. The zero-order valence-electron chi connectivity index (χ0n) is 18.7. The van der Waals surface area contributed by atoms with Gasteiger partial charge < -0.3 is 25.8 Å². The van der Waals surface area contributed by atoms with Gasteiger partial charge in [0.05, 0.1) is 19.0 Å². The minimum Gasteiger partial charge on any atom is -0.481 e. The average Bonchev–Trinajstić information content (AvgIpc) is 2.86. The summed E-state index contributed by atoms with van der Waals surface area (Å²) < 4.78 is 5.01. The number of anilines is 1. The van der Waals surface area contributed by atoms with Crippen molar-refractivity contribution in [2.45, 2.75) is 12.5 Å². The molecule has 3 aromatic rings. The largest absolute Gasteiger partial charge is 0.481 e. The molecule has 182 valence electrons. The zero-order chi connectivity index (χ0) is 25.0. The van der Waals surface area contributed by atoms with Gasteiger partial charge >= 0.3 is 12.1 Å². The molecule has 9 nitrogen and oxygen atoms in total. The van der Waals surface area contributed by atoms with Crippen LogP contribution in [0.4, 0.5) is 10.6 Å². The summed E-state index contributed by atoms with van der Waals surface area (Å²) in [5.74, 6) is -0.951. The predicted octanol–water partition coefficient (Wildman–Crippen LogP) is 3.87. The Morgan fingerprint density at radius 3 is 2.29 bits per heavy atom. The first-order valence-corrected chi connectivity index (χ1v) is 11.2. The molecule has 0 radical (unpaired) electrons. The van der Waals surface area contributed by atoms with Crippen molar-refractivity contribution in [2.75, 3.05) is 25.0 Å². The molecule has 1 heterocycles. The van der Waals surface area contributed by atoms with Gasteiger partial charge in [-0.2, -0.15) is 0 Å². The molecule has 1 atom stereocenters. The van der Waals surface area contributed by atoms with Gasteiger partial charge in [-0.15, -0.1) is 0 Å². The Morgan fingerprint density at radius 1 is 0.971 bits per heavy atom. The van der Waals surface area contributed by atoms with E-state index in [1.165, 1.54) is 0 Å². The molecule has 0 bridgehead atoms. The lowest BCUT2D eigenvalue weighted by atomic mass is 9.99. The number of alkyl carbamates (subject to hydrolysis) is 1. The van der Waals surface area contributed by atoms with E-state index in [1.54, 1.807) is 42.6 Å². The number of carbonyl (C=O) groups excluding carboxylic acids is 2. The predicted molar refractivity (Wildman–Crippen MR) is 132 cm³/mol. The molecule has 10 heteroatoms. The number of carboxylic acids is 1. The Bertz CT molecular complexity index is 1120. The fourth-order valence-electron chi connectivity index (χ4n) is 3.22. The van der Waals surface area contributed by atoms with Crippen molar-refractivity contribution in [1.29, 1.82) is 0 Å². The first-order valence-electron chi connectivity index (χ1n) is 10.8. The minimum absolute atomic E-state index is 0.0750. The molecule has 0 aliphatic heterocycles. The quantitative estimate of drug-likeness (QED) is 0.296. The van der Waals surface area contributed by atoms with Crippen molar-refractivity contribution in [1.82, 2.24) is 15.6 Å². The van der Waals surface area contributed by atoms with E-state index in [0.717, 1.165) is 11.1 Å². The highest BCUT2D eigenvalue weighted by molar-refractivity contribution is 6.30. The van der Waals surface area contributed by atoms with E-state index in [0.29, 0.717) is 22.9 Å². The summed E-state index contributed by atoms with van der Waals surface area (Å²) in [6, 6.07) is 19.2. The van der Waals surface area contributed by atoms with Crippen molar-refractivity contribution in [2.24, 2.45) is 0 Å². The van der Waals surface area contributed by atoms with Gasteiger partial charge in [-0.25, -0.2) is 9.78 Å². The van der Waals surface area contributed by atoms with Gasteiger partial charge in [0, 0.05) is 11.2 Å². The third-order valence-corrected chi connectivity index (χ3v) is 5.16. The van der Waals surface area contributed by atoms with Gasteiger partial charge in [-0.05, 0) is 41.0 Å². The lowest BCUT2D eigenvalue weighted by Crippen LogP contribution is -2.39. The van der Waals surface area contributed by atoms with Crippen molar-refractivity contribution >= 4 is 35.4 Å². The average molecular weight is 497 g/mol. The molecule has 0 fully saturated rings. The fraction of sp³-hybridized carbons (Fsp3) is 0.200. The molecule has 1 aromatic heterocycles. The standard InChI is InChI=1S/C25H25ClN4O5/c26-20-10-8-18(9-11-20)17-4-6-19(7-5-17)21(15-24(32)33)30-23(31)16-29-25(34)35-14-13-28-22-3-1-2-12-27-22/h1-12,21H,13-16H2,(H,27,28)(H,29,34)(H,30,31)(H,32,33). The topological polar surface area (TPSA) is 130 Å². The van der Waals surface area contributed by atoms with Crippen LogP contribution in [-0.4, -0.2) is 47.8 Å². The van der Waals surface area contributed by atoms with E-state index in [9.17, 15) is 19.5 Å². The number of pyridine rings is 1. The minimum atomic E-state index is -1.06. The number of aliphatic carboxylic acids is 1. The van der Waals surface area contributed by atoms with Crippen molar-refractivity contribution in [3.63, 3.8) is 0 Å². The van der Waals surface area contributed by atoms with Gasteiger partial charge in [-0.3, -0.25) is 9.59 Å². The molecule has 0 spiro atoms. The first kappa shape index (κ1) is 25.5. The zero-order valence-corrected chi connectivity index (χ0v) is 19.5. The smallest absolute Gasteiger partial charge is 0.407 e. The number of nitrogens with one attached hydrogen (secondary N) is 3. The normalized spacial score (nSPS) is 11.2. The van der Waals surface area contributed by atoms with E-state index < -0.39 is 24.0 Å². The molecule has 2 amide bonds. The van der Waals surface area contributed by atoms with Gasteiger partial charge in [0.2, 0.25) is 5.91 Å². The van der Waals surface area contributed by atoms with Gasteiger partial charge in [0.1, 0.15) is 19.0 Å². The molecule has 0 saturated carbocycles. The fourth-order valence-corrected chi connectivity index (χ4v) is 3.34. The van der Waals surface area contributed by atoms with Crippen molar-refractivity contribution in [3.05, 3.63) is 83.5 Å². The van der Waals surface area contributed by atoms with E-state index in [1.807, 2.05) is 30.3 Å². The maximum absolute atomic E-state index is 12.3. The summed E-state index contributed by atoms with van der Waals surface area (Å²) in [4.78, 5) is 39.6. The van der Waals surface area contributed by atoms with Crippen LogP contribution >= 0.6 is 11.6 Å². The summed E-state index contributed by atoms with van der Waals surface area (Å²) in [6.45, 7) is 0.0699. The second-order valence-corrected chi connectivity index (χ2v) is 7.91. The number of amides is 2. The maximum atomic E-state index is 12.3. The first-order chi connectivity index (χ1) is 16.9. The number of aromatic nitrogens is 1. The molecule has 3 rings (SSSR count). The number of benzene rings is 2. The van der Waals surface area contributed by atoms with Crippen LogP contribution in [0, 0.1) is 0 Å². The number of rotatable bonds is 11. The SMILES string of the molecule is O=C(O)CC(NC(=O)CNC(=O)OCCNc1ccccn1)c1ccc(-c2ccc(Cl)cc2)cc1. The number of halogens is 1. The molecular formula is C25H25ClN4O5. The number of ether oxygens (including phenoxy) is 1. The Labute approximate surface area is 207 Å². The Morgan fingerprint density at radius 2 is 1.66 bits per heavy atom. The van der Waals surface area contributed by atoms with E-state index >= 15 is 0 Å². The molecule has 4 N–H and O–H groups in total. The number of hydrogen-bond acceptors (Lipinski definition) is 6. The second-order valence-electron chi connectivity index (χ2n) is 7.48. The van der Waals surface area contributed by atoms with Crippen LogP contribution in [0.15, 0.2) is 72.9 Å². The molecule has 0 aliphatic carbocycles. The van der Waals surface area contributed by atoms with Crippen LogP contribution in [0.1, 0.15) is 18.0 Å². The summed E-state index contributed by atoms with van der Waals surface area (Å²) >= 11 is 5.93. The van der Waals surface area contributed by atoms with E-state index in [-0.39, 0.29) is 19.6 Å². The third kappa shape index (κ3) is 8.63. The second kappa shape index (κ2) is 13.0. The van der Waals surface area contributed by atoms with Crippen LogP contribution in [0.2, 0.25) is 5.02 Å². The Hall–Kier alpha value is -4.11. The van der Waals surface area contributed by atoms with Crippen LogP contribution in [0.5, 0.6) is 0 Å². The number of hydrogen-bond donors (Lipinski definition) is 4. The highest BCUT2D eigenvalue weighted by Gasteiger charge is 2.19. The molecular weight excluding hydrogens is 472 g/mol. The third-order valence-electron chi connectivity index (χ3n) is 4.90. The lowest BCUT2D eigenvalue weighted by molar-refractivity contribution is -0.137. The summed E-state index contributed by atoms with van der Waals surface area (Å²) in [6.07, 6.45) is 0.570. The highest BCUT2D eigenvalue weighted by atomic mass is 35.5. The molecule has 0 saturated heterocycles. The van der Waals surface area contributed by atoms with E-state index in [4.69, 9.17) is 16.3 Å². The van der Waals surface area contributed by atoms with Crippen LogP contribution < -0.4 is 16.0 Å². The van der Waals surface area contributed by atoms with Crippen molar-refractivity contribution in [3.8, 4) is 11.1 Å². The van der Waals surface area contributed by atoms with Gasteiger partial charge in [0.15, 0.2) is 0 Å². The molecule has 2 aromatic carbocycles. The van der Waals surface area contributed by atoms with E-state index in [2.05, 4.69) is 20.9 Å². The molecule has 1 unspecified atom stereocenters. The Kier molecular flexibility index (Phi) is 9.44. The van der Waals surface area contributed by atoms with Gasteiger partial charge in [0.25, 0.3) is 0 Å². The van der Waals surface area contributed by atoms with Crippen molar-refractivity contribution < 1.29 is 24.2 Å². The lowest BCUT2D eigenvalue weighted by Gasteiger charge is -2.18. The summed E-state index contributed by atoms with van der Waals surface area (Å²) in [7, 11) is 0. The highest BCUT2D eigenvalue weighted by Crippen LogP contribution is 2.24. The Balaban J connectivity index is 1.47. The monoisotopic (exact) mass is 496 g/mol. The summed E-state index contributed by atoms with van der Waals surface area (Å²) in [5, 5.41) is 17.9. The molecule has 35 heavy (non-hydrogen) atoms.